The first-order valence-electron chi connectivity index (χ1n) is 6.70. The Morgan fingerprint density at radius 2 is 2.17 bits per heavy atom. The van der Waals surface area contributed by atoms with Crippen molar-refractivity contribution in [1.29, 1.82) is 0 Å². The topological polar surface area (TPSA) is 32.7 Å². The van der Waals surface area contributed by atoms with E-state index in [0.29, 0.717) is 11.8 Å². The largest absolute Gasteiger partial charge is 0.504 e. The zero-order valence-corrected chi connectivity index (χ0v) is 11.5. The predicted molar refractivity (Wildman–Crippen MR) is 72.9 cm³/mol. The van der Waals surface area contributed by atoms with E-state index in [-0.39, 0.29) is 5.75 Å². The molecule has 1 heterocycles. The van der Waals surface area contributed by atoms with Crippen molar-refractivity contribution in [1.82, 2.24) is 4.90 Å². The van der Waals surface area contributed by atoms with Gasteiger partial charge in [-0.05, 0) is 49.9 Å². The quantitative estimate of drug-likeness (QED) is 0.893. The first-order chi connectivity index (χ1) is 8.60. The minimum atomic E-state index is 0.210. The molecule has 3 heteroatoms. The average Bonchev–Trinajstić information content (AvgIpc) is 2.35. The van der Waals surface area contributed by atoms with Crippen LogP contribution in [0.15, 0.2) is 18.2 Å². The number of benzene rings is 1. The van der Waals surface area contributed by atoms with Crippen LogP contribution in [-0.4, -0.2) is 29.7 Å². The molecular weight excluding hydrogens is 226 g/mol. The number of ether oxygens (including phenoxy) is 1. The molecule has 1 aliphatic rings. The van der Waals surface area contributed by atoms with Crippen molar-refractivity contribution in [2.24, 2.45) is 5.92 Å². The second kappa shape index (κ2) is 5.61. The highest BCUT2D eigenvalue weighted by molar-refractivity contribution is 5.41. The lowest BCUT2D eigenvalue weighted by molar-refractivity contribution is 0.122. The molecule has 0 aliphatic carbocycles. The van der Waals surface area contributed by atoms with Crippen LogP contribution in [0.3, 0.4) is 0 Å². The SMILES string of the molecule is COc1cc(CN2CCC(C)CC2C)ccc1O. The van der Waals surface area contributed by atoms with Crippen molar-refractivity contribution >= 4 is 0 Å². The summed E-state index contributed by atoms with van der Waals surface area (Å²) in [4.78, 5) is 2.51. The number of aromatic hydroxyl groups is 1. The number of phenols is 1. The van der Waals surface area contributed by atoms with Gasteiger partial charge >= 0.3 is 0 Å². The number of likely N-dealkylation sites (tertiary alicyclic amines) is 1. The normalized spacial score (nSPS) is 25.1. The average molecular weight is 249 g/mol. The van der Waals surface area contributed by atoms with Gasteiger partial charge in [-0.2, -0.15) is 0 Å². The molecule has 0 saturated carbocycles. The highest BCUT2D eigenvalue weighted by Gasteiger charge is 2.22. The van der Waals surface area contributed by atoms with Gasteiger partial charge in [0.15, 0.2) is 11.5 Å². The van der Waals surface area contributed by atoms with Gasteiger partial charge in [-0.15, -0.1) is 0 Å². The van der Waals surface area contributed by atoms with Crippen LogP contribution in [0.1, 0.15) is 32.3 Å². The zero-order valence-electron chi connectivity index (χ0n) is 11.5. The van der Waals surface area contributed by atoms with Gasteiger partial charge in [-0.25, -0.2) is 0 Å². The molecule has 18 heavy (non-hydrogen) atoms. The Kier molecular flexibility index (Phi) is 4.12. The summed E-state index contributed by atoms with van der Waals surface area (Å²) in [6, 6.07) is 6.25. The molecule has 1 fully saturated rings. The van der Waals surface area contributed by atoms with Crippen LogP contribution >= 0.6 is 0 Å². The van der Waals surface area contributed by atoms with E-state index in [0.717, 1.165) is 19.0 Å². The van der Waals surface area contributed by atoms with Gasteiger partial charge in [0.2, 0.25) is 0 Å². The summed E-state index contributed by atoms with van der Waals surface area (Å²) in [6.45, 7) is 6.72. The van der Waals surface area contributed by atoms with E-state index < -0.39 is 0 Å². The van der Waals surface area contributed by atoms with Crippen LogP contribution in [0.2, 0.25) is 0 Å². The zero-order chi connectivity index (χ0) is 13.1. The fourth-order valence-corrected chi connectivity index (χ4v) is 2.75. The fourth-order valence-electron chi connectivity index (χ4n) is 2.75. The van der Waals surface area contributed by atoms with E-state index in [1.54, 1.807) is 13.2 Å². The highest BCUT2D eigenvalue weighted by atomic mass is 16.5. The molecule has 0 amide bonds. The van der Waals surface area contributed by atoms with Crippen molar-refractivity contribution in [3.8, 4) is 11.5 Å². The molecule has 0 aromatic heterocycles. The lowest BCUT2D eigenvalue weighted by atomic mass is 9.93. The molecule has 3 nitrogen and oxygen atoms in total. The second-order valence-corrected chi connectivity index (χ2v) is 5.46. The van der Waals surface area contributed by atoms with Crippen molar-refractivity contribution in [2.45, 2.75) is 39.3 Å². The van der Waals surface area contributed by atoms with E-state index in [4.69, 9.17) is 4.74 Å². The molecule has 2 atom stereocenters. The summed E-state index contributed by atoms with van der Waals surface area (Å²) in [5.74, 6) is 1.61. The Morgan fingerprint density at radius 1 is 1.39 bits per heavy atom. The van der Waals surface area contributed by atoms with Crippen molar-refractivity contribution in [3.63, 3.8) is 0 Å². The molecule has 1 aliphatic heterocycles. The van der Waals surface area contributed by atoms with Gasteiger partial charge in [0.1, 0.15) is 0 Å². The predicted octanol–water partition coefficient (Wildman–Crippen LogP) is 3.02. The summed E-state index contributed by atoms with van der Waals surface area (Å²) >= 11 is 0. The minimum absolute atomic E-state index is 0.210. The number of piperidine rings is 1. The lowest BCUT2D eigenvalue weighted by Crippen LogP contribution is -2.39. The standard InChI is InChI=1S/C15H23NO2/c1-11-6-7-16(12(2)8-11)10-13-4-5-14(17)15(9-13)18-3/h4-5,9,11-12,17H,6-8,10H2,1-3H3. The molecule has 1 saturated heterocycles. The van der Waals surface area contributed by atoms with Crippen molar-refractivity contribution in [2.75, 3.05) is 13.7 Å². The van der Waals surface area contributed by atoms with E-state index >= 15 is 0 Å². The van der Waals surface area contributed by atoms with Crippen LogP contribution < -0.4 is 4.74 Å². The molecule has 2 unspecified atom stereocenters. The van der Waals surface area contributed by atoms with Crippen molar-refractivity contribution < 1.29 is 9.84 Å². The monoisotopic (exact) mass is 249 g/mol. The van der Waals surface area contributed by atoms with Gasteiger partial charge in [-0.3, -0.25) is 4.90 Å². The molecule has 0 bridgehead atoms. The van der Waals surface area contributed by atoms with Gasteiger partial charge in [0.25, 0.3) is 0 Å². The number of methoxy groups -OCH3 is 1. The molecule has 0 radical (unpaired) electrons. The number of hydrogen-bond donors (Lipinski definition) is 1. The van der Waals surface area contributed by atoms with Gasteiger partial charge in [0.05, 0.1) is 7.11 Å². The number of hydrogen-bond acceptors (Lipinski definition) is 3. The molecule has 1 aromatic carbocycles. The van der Waals surface area contributed by atoms with E-state index in [1.807, 2.05) is 12.1 Å². The summed E-state index contributed by atoms with van der Waals surface area (Å²) in [5, 5.41) is 9.59. The second-order valence-electron chi connectivity index (χ2n) is 5.46. The third-order valence-corrected chi connectivity index (χ3v) is 3.91. The van der Waals surface area contributed by atoms with Gasteiger partial charge in [-0.1, -0.05) is 13.0 Å². The van der Waals surface area contributed by atoms with E-state index in [1.165, 1.54) is 18.4 Å². The maximum Gasteiger partial charge on any atom is 0.160 e. The molecule has 0 spiro atoms. The third-order valence-electron chi connectivity index (χ3n) is 3.91. The molecule has 1 N–H and O–H groups in total. The lowest BCUT2D eigenvalue weighted by Gasteiger charge is -2.36. The minimum Gasteiger partial charge on any atom is -0.504 e. The van der Waals surface area contributed by atoms with Crippen LogP contribution in [-0.2, 0) is 6.54 Å². The van der Waals surface area contributed by atoms with Crippen LogP contribution in [0.25, 0.3) is 0 Å². The maximum absolute atomic E-state index is 9.59. The summed E-state index contributed by atoms with van der Waals surface area (Å²) < 4.78 is 5.15. The smallest absolute Gasteiger partial charge is 0.160 e. The molecule has 100 valence electrons. The Hall–Kier alpha value is -1.22. The maximum atomic E-state index is 9.59. The number of rotatable bonds is 3. The van der Waals surface area contributed by atoms with Crippen molar-refractivity contribution in [3.05, 3.63) is 23.8 Å². The third kappa shape index (κ3) is 2.96. The summed E-state index contributed by atoms with van der Waals surface area (Å²) in [6.07, 6.45) is 2.55. The van der Waals surface area contributed by atoms with Crippen LogP contribution in [0.4, 0.5) is 0 Å². The first-order valence-corrected chi connectivity index (χ1v) is 6.70. The van der Waals surface area contributed by atoms with E-state index in [2.05, 4.69) is 18.7 Å². The van der Waals surface area contributed by atoms with Gasteiger partial charge < -0.3 is 9.84 Å². The number of phenolic OH excluding ortho intramolecular Hbond substituents is 1. The number of nitrogens with zero attached hydrogens (tertiary/aromatic N) is 1. The van der Waals surface area contributed by atoms with Crippen LogP contribution in [0.5, 0.6) is 11.5 Å². The molecule has 1 aromatic rings. The van der Waals surface area contributed by atoms with Gasteiger partial charge in [0, 0.05) is 12.6 Å². The Bertz CT molecular complexity index is 405. The molecular formula is C15H23NO2. The van der Waals surface area contributed by atoms with E-state index in [9.17, 15) is 5.11 Å². The fraction of sp³-hybridized carbons (Fsp3) is 0.600. The highest BCUT2D eigenvalue weighted by Crippen LogP contribution is 2.29. The Balaban J connectivity index is 2.05. The molecule has 2 rings (SSSR count). The first kappa shape index (κ1) is 13.2. The Morgan fingerprint density at radius 3 is 2.83 bits per heavy atom. The Labute approximate surface area is 109 Å². The summed E-state index contributed by atoms with van der Waals surface area (Å²) in [7, 11) is 1.59. The summed E-state index contributed by atoms with van der Waals surface area (Å²) in [5.41, 5.74) is 1.20. The van der Waals surface area contributed by atoms with Crippen LogP contribution in [0, 0.1) is 5.92 Å².